The van der Waals surface area contributed by atoms with Gasteiger partial charge in [0.25, 0.3) is 0 Å². The molecule has 1 aliphatic rings. The lowest BCUT2D eigenvalue weighted by molar-refractivity contribution is 0.536. The molecule has 2 atom stereocenters. The first-order chi connectivity index (χ1) is 3.30. The molecule has 0 aliphatic heterocycles. The van der Waals surface area contributed by atoms with E-state index in [1.165, 1.54) is 6.42 Å². The zero-order valence-electron chi connectivity index (χ0n) is 4.72. The Hall–Kier alpha value is -0.260. The van der Waals surface area contributed by atoms with E-state index in [4.69, 9.17) is 0 Å². The molecule has 0 aromatic rings. The Balaban J connectivity index is 2.45. The van der Waals surface area contributed by atoms with E-state index in [1.54, 1.807) is 0 Å². The minimum atomic E-state index is 0.583. The van der Waals surface area contributed by atoms with E-state index >= 15 is 0 Å². The first kappa shape index (κ1) is 4.89. The molecule has 0 saturated carbocycles. The zero-order valence-corrected chi connectivity index (χ0v) is 4.72. The van der Waals surface area contributed by atoms with Gasteiger partial charge in [-0.15, -0.1) is 0 Å². The van der Waals surface area contributed by atoms with E-state index in [1.807, 2.05) is 0 Å². The maximum Gasteiger partial charge on any atom is -0.0205 e. The third-order valence-corrected chi connectivity index (χ3v) is 1.62. The molecule has 7 heavy (non-hydrogen) atoms. The second kappa shape index (κ2) is 1.69. The van der Waals surface area contributed by atoms with Crippen molar-refractivity contribution >= 4 is 0 Å². The van der Waals surface area contributed by atoms with Gasteiger partial charge in [-0.1, -0.05) is 19.1 Å². The summed E-state index contributed by atoms with van der Waals surface area (Å²) in [6, 6.07) is 0. The Morgan fingerprint density at radius 3 is 2.57 bits per heavy atom. The molecular weight excluding hydrogens is 84.1 g/mol. The molecule has 0 saturated heterocycles. The number of rotatable bonds is 0. The van der Waals surface area contributed by atoms with Crippen LogP contribution in [0.15, 0.2) is 12.2 Å². The summed E-state index contributed by atoms with van der Waals surface area (Å²) in [6.45, 7) is 6.17. The van der Waals surface area contributed by atoms with Crippen molar-refractivity contribution in [3.8, 4) is 0 Å². The van der Waals surface area contributed by atoms with Crippen LogP contribution in [0.1, 0.15) is 13.3 Å². The molecule has 39 valence electrons. The third kappa shape index (κ3) is 0.846. The molecule has 0 aromatic carbocycles. The highest BCUT2D eigenvalue weighted by molar-refractivity contribution is 5.00. The minimum absolute atomic E-state index is 0.583. The quantitative estimate of drug-likeness (QED) is 0.404. The second-order valence-electron chi connectivity index (χ2n) is 2.30. The third-order valence-electron chi connectivity index (χ3n) is 1.62. The summed E-state index contributed by atoms with van der Waals surface area (Å²) >= 11 is 0. The van der Waals surface area contributed by atoms with Crippen molar-refractivity contribution in [2.45, 2.75) is 13.3 Å². The smallest absolute Gasteiger partial charge is 0.0205 e. The van der Waals surface area contributed by atoms with Crippen LogP contribution in [0, 0.1) is 18.8 Å². The standard InChI is InChI=1S/C7H11/c1-6-4-3-5-7(6)2/h3-4,6-7H,1,5H2,2H3. The van der Waals surface area contributed by atoms with E-state index in [0.717, 1.165) is 5.92 Å². The molecule has 1 radical (unpaired) electrons. The molecular formula is C7H11. The zero-order chi connectivity index (χ0) is 5.28. The Kier molecular flexibility index (Phi) is 1.18. The van der Waals surface area contributed by atoms with E-state index in [9.17, 15) is 0 Å². The highest BCUT2D eigenvalue weighted by Gasteiger charge is 2.11. The van der Waals surface area contributed by atoms with Crippen LogP contribution in [0.4, 0.5) is 0 Å². The Bertz CT molecular complexity index is 82.0. The average Bonchev–Trinajstić information content (AvgIpc) is 1.91. The molecule has 1 aliphatic carbocycles. The number of hydrogen-bond donors (Lipinski definition) is 0. The average molecular weight is 95.2 g/mol. The van der Waals surface area contributed by atoms with Crippen LogP contribution in [0.2, 0.25) is 0 Å². The number of allylic oxidation sites excluding steroid dienone is 2. The maximum atomic E-state index is 3.93. The van der Waals surface area contributed by atoms with E-state index in [0.29, 0.717) is 5.92 Å². The van der Waals surface area contributed by atoms with Gasteiger partial charge in [0.2, 0.25) is 0 Å². The molecule has 0 fully saturated rings. The van der Waals surface area contributed by atoms with Crippen LogP contribution < -0.4 is 0 Å². The van der Waals surface area contributed by atoms with Crippen LogP contribution in [0.3, 0.4) is 0 Å². The summed E-state index contributed by atoms with van der Waals surface area (Å²) in [5.41, 5.74) is 0. The van der Waals surface area contributed by atoms with Gasteiger partial charge in [0.05, 0.1) is 0 Å². The lowest BCUT2D eigenvalue weighted by Crippen LogP contribution is -1.96. The van der Waals surface area contributed by atoms with Crippen molar-refractivity contribution < 1.29 is 0 Å². The van der Waals surface area contributed by atoms with Crippen molar-refractivity contribution in [1.82, 2.24) is 0 Å². The highest BCUT2D eigenvalue weighted by Crippen LogP contribution is 2.22. The van der Waals surface area contributed by atoms with Gasteiger partial charge in [-0.2, -0.15) is 0 Å². The summed E-state index contributed by atoms with van der Waals surface area (Å²) in [5.74, 6) is 1.37. The van der Waals surface area contributed by atoms with Gasteiger partial charge < -0.3 is 0 Å². The summed E-state index contributed by atoms with van der Waals surface area (Å²) in [4.78, 5) is 0. The minimum Gasteiger partial charge on any atom is -0.0880 e. The number of hydrogen-bond acceptors (Lipinski definition) is 0. The van der Waals surface area contributed by atoms with Crippen LogP contribution >= 0.6 is 0 Å². The van der Waals surface area contributed by atoms with Gasteiger partial charge in [-0.3, -0.25) is 0 Å². The summed E-state index contributed by atoms with van der Waals surface area (Å²) in [5, 5.41) is 0. The van der Waals surface area contributed by atoms with E-state index in [-0.39, 0.29) is 0 Å². The van der Waals surface area contributed by atoms with Gasteiger partial charge in [0, 0.05) is 0 Å². The summed E-state index contributed by atoms with van der Waals surface area (Å²) in [6.07, 6.45) is 5.63. The van der Waals surface area contributed by atoms with Crippen molar-refractivity contribution in [2.24, 2.45) is 11.8 Å². The highest BCUT2D eigenvalue weighted by atomic mass is 14.2. The van der Waals surface area contributed by atoms with Crippen LogP contribution in [0.25, 0.3) is 0 Å². The monoisotopic (exact) mass is 95.1 g/mol. The topological polar surface area (TPSA) is 0 Å². The van der Waals surface area contributed by atoms with Gasteiger partial charge in [0.1, 0.15) is 0 Å². The van der Waals surface area contributed by atoms with Gasteiger partial charge in [0.15, 0.2) is 0 Å². The molecule has 0 N–H and O–H groups in total. The molecule has 2 unspecified atom stereocenters. The largest absolute Gasteiger partial charge is 0.0880 e. The maximum absolute atomic E-state index is 3.93. The lowest BCUT2D eigenvalue weighted by atomic mass is 10.0. The van der Waals surface area contributed by atoms with Crippen molar-refractivity contribution in [3.05, 3.63) is 19.1 Å². The Morgan fingerprint density at radius 2 is 2.43 bits per heavy atom. The molecule has 0 aromatic heterocycles. The molecule has 0 spiro atoms. The predicted octanol–water partition coefficient (Wildman–Crippen LogP) is 2.03. The molecule has 0 amide bonds. The second-order valence-corrected chi connectivity index (χ2v) is 2.30. The SMILES string of the molecule is [CH2]C1C=CCC1C. The first-order valence-corrected chi connectivity index (χ1v) is 2.80. The van der Waals surface area contributed by atoms with Crippen LogP contribution in [-0.4, -0.2) is 0 Å². The van der Waals surface area contributed by atoms with Crippen molar-refractivity contribution in [2.75, 3.05) is 0 Å². The van der Waals surface area contributed by atoms with Gasteiger partial charge in [-0.25, -0.2) is 0 Å². The lowest BCUT2D eigenvalue weighted by Gasteiger charge is -2.04. The van der Waals surface area contributed by atoms with E-state index < -0.39 is 0 Å². The first-order valence-electron chi connectivity index (χ1n) is 2.80. The normalized spacial score (nSPS) is 39.7. The Morgan fingerprint density at radius 1 is 1.71 bits per heavy atom. The molecule has 0 nitrogen and oxygen atoms in total. The van der Waals surface area contributed by atoms with Crippen molar-refractivity contribution in [3.63, 3.8) is 0 Å². The summed E-state index contributed by atoms with van der Waals surface area (Å²) < 4.78 is 0. The fourth-order valence-corrected chi connectivity index (χ4v) is 0.832. The van der Waals surface area contributed by atoms with E-state index in [2.05, 4.69) is 26.0 Å². The van der Waals surface area contributed by atoms with Crippen molar-refractivity contribution in [1.29, 1.82) is 0 Å². The van der Waals surface area contributed by atoms with Crippen LogP contribution in [0.5, 0.6) is 0 Å². The fourth-order valence-electron chi connectivity index (χ4n) is 0.832. The summed E-state index contributed by atoms with van der Waals surface area (Å²) in [7, 11) is 0. The fraction of sp³-hybridized carbons (Fsp3) is 0.571. The van der Waals surface area contributed by atoms with Gasteiger partial charge >= 0.3 is 0 Å². The molecule has 0 bridgehead atoms. The van der Waals surface area contributed by atoms with Crippen LogP contribution in [-0.2, 0) is 0 Å². The Labute approximate surface area is 45.2 Å². The molecule has 1 rings (SSSR count). The van der Waals surface area contributed by atoms with Gasteiger partial charge in [-0.05, 0) is 25.2 Å². The molecule has 0 heteroatoms. The predicted molar refractivity (Wildman–Crippen MR) is 31.8 cm³/mol. The molecule has 0 heterocycles.